The lowest BCUT2D eigenvalue weighted by Gasteiger charge is -2.47. The number of benzene rings is 1. The molecular weight excluding hydrogens is 256 g/mol. The molecule has 2 N–H and O–H groups in total. The van der Waals surface area contributed by atoms with Crippen molar-refractivity contribution in [1.82, 2.24) is 4.90 Å². The van der Waals surface area contributed by atoms with E-state index in [1.54, 1.807) is 0 Å². The maximum atomic E-state index is 6.19. The average molecular weight is 288 g/mol. The first kappa shape index (κ1) is 16.5. The molecule has 1 aromatic rings. The Morgan fingerprint density at radius 2 is 1.81 bits per heavy atom. The van der Waals surface area contributed by atoms with Crippen molar-refractivity contribution in [3.05, 3.63) is 35.9 Å². The third-order valence-electron chi connectivity index (χ3n) is 5.67. The summed E-state index contributed by atoms with van der Waals surface area (Å²) in [4.78, 5) is 2.54. The minimum atomic E-state index is 0.236. The van der Waals surface area contributed by atoms with Crippen LogP contribution >= 0.6 is 0 Å². The molecule has 1 fully saturated rings. The molecule has 0 spiro atoms. The highest BCUT2D eigenvalue weighted by molar-refractivity contribution is 5.15. The summed E-state index contributed by atoms with van der Waals surface area (Å²) in [6.07, 6.45) is 6.32. The maximum absolute atomic E-state index is 6.19. The second kappa shape index (κ2) is 7.42. The molecule has 0 bridgehead atoms. The predicted octanol–water partition coefficient (Wildman–Crippen LogP) is 3.70. The molecule has 1 aromatic carbocycles. The molecule has 0 heterocycles. The molecule has 0 aliphatic heterocycles. The van der Waals surface area contributed by atoms with Gasteiger partial charge in [0, 0.05) is 18.6 Å². The van der Waals surface area contributed by atoms with Crippen LogP contribution in [0.2, 0.25) is 0 Å². The second-order valence-electron chi connectivity index (χ2n) is 7.17. The zero-order valence-electron chi connectivity index (χ0n) is 14.0. The van der Waals surface area contributed by atoms with Gasteiger partial charge in [0.05, 0.1) is 0 Å². The summed E-state index contributed by atoms with van der Waals surface area (Å²) in [5.74, 6) is 1.71. The topological polar surface area (TPSA) is 29.3 Å². The van der Waals surface area contributed by atoms with Crippen molar-refractivity contribution in [1.29, 1.82) is 0 Å². The van der Waals surface area contributed by atoms with Gasteiger partial charge in [-0.3, -0.25) is 4.90 Å². The lowest BCUT2D eigenvalue weighted by atomic mass is 9.72. The van der Waals surface area contributed by atoms with E-state index in [2.05, 4.69) is 56.1 Å². The third-order valence-corrected chi connectivity index (χ3v) is 5.67. The Bertz CT molecular complexity index is 405. The summed E-state index contributed by atoms with van der Waals surface area (Å²) < 4.78 is 0. The van der Waals surface area contributed by atoms with Crippen LogP contribution in [0.4, 0.5) is 0 Å². The van der Waals surface area contributed by atoms with Crippen LogP contribution < -0.4 is 5.73 Å². The number of rotatable bonds is 6. The van der Waals surface area contributed by atoms with Gasteiger partial charge in [0.1, 0.15) is 0 Å². The molecule has 0 radical (unpaired) electrons. The first-order chi connectivity index (χ1) is 10.1. The molecular formula is C19H32N2. The van der Waals surface area contributed by atoms with Gasteiger partial charge in [-0.05, 0) is 56.6 Å². The van der Waals surface area contributed by atoms with Crippen LogP contribution in [-0.2, 0) is 6.42 Å². The van der Waals surface area contributed by atoms with Gasteiger partial charge in [-0.15, -0.1) is 0 Å². The van der Waals surface area contributed by atoms with Gasteiger partial charge in [-0.1, -0.05) is 44.2 Å². The van der Waals surface area contributed by atoms with E-state index in [9.17, 15) is 0 Å². The summed E-state index contributed by atoms with van der Waals surface area (Å²) in [5.41, 5.74) is 7.85. The third kappa shape index (κ3) is 4.08. The number of nitrogens with zero attached hydrogens (tertiary/aromatic N) is 1. The molecule has 0 atom stereocenters. The van der Waals surface area contributed by atoms with E-state index in [4.69, 9.17) is 5.73 Å². The molecule has 0 saturated heterocycles. The molecule has 0 aromatic heterocycles. The average Bonchev–Trinajstić information content (AvgIpc) is 2.53. The van der Waals surface area contributed by atoms with Crippen molar-refractivity contribution in [2.45, 2.75) is 51.5 Å². The molecule has 1 aliphatic rings. The predicted molar refractivity (Wildman–Crippen MR) is 91.4 cm³/mol. The number of likely N-dealkylation sites (N-methyl/N-ethyl adjacent to an activating group) is 1. The molecule has 2 rings (SSSR count). The quantitative estimate of drug-likeness (QED) is 0.864. The minimum absolute atomic E-state index is 0.236. The van der Waals surface area contributed by atoms with Crippen LogP contribution in [0, 0.1) is 11.8 Å². The van der Waals surface area contributed by atoms with Gasteiger partial charge in [-0.25, -0.2) is 0 Å². The summed E-state index contributed by atoms with van der Waals surface area (Å²) >= 11 is 0. The van der Waals surface area contributed by atoms with Crippen molar-refractivity contribution in [3.63, 3.8) is 0 Å². The van der Waals surface area contributed by atoms with Gasteiger partial charge in [-0.2, -0.15) is 0 Å². The molecule has 1 saturated carbocycles. The molecule has 1 aliphatic carbocycles. The normalized spacial score (nSPS) is 26.5. The van der Waals surface area contributed by atoms with E-state index in [1.165, 1.54) is 31.2 Å². The summed E-state index contributed by atoms with van der Waals surface area (Å²) in [6.45, 7) is 6.62. The minimum Gasteiger partial charge on any atom is -0.329 e. The highest BCUT2D eigenvalue weighted by Crippen LogP contribution is 2.38. The highest BCUT2D eigenvalue weighted by Gasteiger charge is 2.37. The lowest BCUT2D eigenvalue weighted by molar-refractivity contribution is 0.0563. The van der Waals surface area contributed by atoms with E-state index in [1.807, 2.05) is 0 Å². The van der Waals surface area contributed by atoms with Gasteiger partial charge < -0.3 is 5.73 Å². The molecule has 0 unspecified atom stereocenters. The molecule has 2 nitrogen and oxygen atoms in total. The second-order valence-corrected chi connectivity index (χ2v) is 7.17. The van der Waals surface area contributed by atoms with E-state index < -0.39 is 0 Å². The number of nitrogens with two attached hydrogens (primary N) is 1. The van der Waals surface area contributed by atoms with E-state index >= 15 is 0 Å². The zero-order chi connectivity index (χ0) is 15.3. The fourth-order valence-electron chi connectivity index (χ4n) is 3.76. The standard InChI is InChI=1S/C19H32N2/c1-16(2)18-9-12-19(15-20,13-10-18)21(3)14-11-17-7-5-4-6-8-17/h4-8,16,18H,9-15,20H2,1-3H3. The van der Waals surface area contributed by atoms with Crippen LogP contribution in [0.3, 0.4) is 0 Å². The summed E-state index contributed by atoms with van der Waals surface area (Å²) in [7, 11) is 2.27. The zero-order valence-corrected chi connectivity index (χ0v) is 14.0. The van der Waals surface area contributed by atoms with Gasteiger partial charge >= 0.3 is 0 Å². The monoisotopic (exact) mass is 288 g/mol. The first-order valence-corrected chi connectivity index (χ1v) is 8.52. The molecule has 118 valence electrons. The van der Waals surface area contributed by atoms with E-state index in [0.717, 1.165) is 31.3 Å². The van der Waals surface area contributed by atoms with E-state index in [0.29, 0.717) is 0 Å². The van der Waals surface area contributed by atoms with Crippen LogP contribution in [0.25, 0.3) is 0 Å². The Morgan fingerprint density at radius 3 is 2.33 bits per heavy atom. The van der Waals surface area contributed by atoms with Crippen molar-refractivity contribution >= 4 is 0 Å². The van der Waals surface area contributed by atoms with Crippen LogP contribution in [0.15, 0.2) is 30.3 Å². The smallest absolute Gasteiger partial charge is 0.0329 e. The van der Waals surface area contributed by atoms with Crippen molar-refractivity contribution in [2.75, 3.05) is 20.1 Å². The van der Waals surface area contributed by atoms with Gasteiger partial charge in [0.2, 0.25) is 0 Å². The molecule has 2 heteroatoms. The van der Waals surface area contributed by atoms with Crippen molar-refractivity contribution in [2.24, 2.45) is 17.6 Å². The van der Waals surface area contributed by atoms with Crippen LogP contribution in [-0.4, -0.2) is 30.6 Å². The Morgan fingerprint density at radius 1 is 1.19 bits per heavy atom. The van der Waals surface area contributed by atoms with Crippen LogP contribution in [0.5, 0.6) is 0 Å². The summed E-state index contributed by atoms with van der Waals surface area (Å²) in [5, 5.41) is 0. The molecule has 21 heavy (non-hydrogen) atoms. The van der Waals surface area contributed by atoms with Crippen molar-refractivity contribution < 1.29 is 0 Å². The molecule has 0 amide bonds. The SMILES string of the molecule is CC(C)C1CCC(CN)(N(C)CCc2ccccc2)CC1. The van der Waals surface area contributed by atoms with Gasteiger partial charge in [0.15, 0.2) is 0 Å². The fraction of sp³-hybridized carbons (Fsp3) is 0.684. The Hall–Kier alpha value is -0.860. The van der Waals surface area contributed by atoms with Crippen LogP contribution in [0.1, 0.15) is 45.1 Å². The first-order valence-electron chi connectivity index (χ1n) is 8.52. The Kier molecular flexibility index (Phi) is 5.83. The Balaban J connectivity index is 1.91. The fourth-order valence-corrected chi connectivity index (χ4v) is 3.76. The number of hydrogen-bond donors (Lipinski definition) is 1. The highest BCUT2D eigenvalue weighted by atomic mass is 15.2. The summed E-state index contributed by atoms with van der Waals surface area (Å²) in [6, 6.07) is 10.8. The maximum Gasteiger partial charge on any atom is 0.0329 e. The largest absolute Gasteiger partial charge is 0.329 e. The lowest BCUT2D eigenvalue weighted by Crippen LogP contribution is -2.54. The van der Waals surface area contributed by atoms with Crippen molar-refractivity contribution in [3.8, 4) is 0 Å². The Labute approximate surface area is 130 Å². The van der Waals surface area contributed by atoms with Gasteiger partial charge in [0.25, 0.3) is 0 Å². The van der Waals surface area contributed by atoms with E-state index in [-0.39, 0.29) is 5.54 Å². The number of hydrogen-bond acceptors (Lipinski definition) is 2.